The second-order valence-electron chi connectivity index (χ2n) is 22.4. The third-order valence-corrected chi connectivity index (χ3v) is 15.8. The van der Waals surface area contributed by atoms with E-state index in [4.69, 9.17) is 11.5 Å². The van der Waals surface area contributed by atoms with Crippen molar-refractivity contribution in [3.63, 3.8) is 0 Å². The van der Waals surface area contributed by atoms with Crippen LogP contribution in [0.1, 0.15) is 109 Å². The number of rotatable bonds is 17. The summed E-state index contributed by atoms with van der Waals surface area (Å²) in [6.07, 6.45) is -1.93. The van der Waals surface area contributed by atoms with Gasteiger partial charge in [0.1, 0.15) is 72.2 Å². The largest absolute Gasteiger partial charge is 0.508 e. The van der Waals surface area contributed by atoms with Gasteiger partial charge in [-0.3, -0.25) is 52.7 Å². The number of phenols is 1. The number of aromatic hydroxyl groups is 1. The van der Waals surface area contributed by atoms with Crippen LogP contribution in [0.15, 0.2) is 54.6 Å². The van der Waals surface area contributed by atoms with Crippen molar-refractivity contribution in [2.45, 2.75) is 183 Å². The first-order valence-electron chi connectivity index (χ1n) is 29.4. The zero-order valence-electron chi connectivity index (χ0n) is 49.1. The Balaban J connectivity index is 1.55. The van der Waals surface area contributed by atoms with Gasteiger partial charge in [0, 0.05) is 32.4 Å². The van der Waals surface area contributed by atoms with Gasteiger partial charge < -0.3 is 89.3 Å². The molecule has 3 aliphatic rings. The first-order valence-corrected chi connectivity index (χ1v) is 29.4. The number of aliphatic hydroxyl groups is 3. The minimum atomic E-state index is -1.82. The highest BCUT2D eigenvalue weighted by Crippen LogP contribution is 2.27. The molecule has 3 fully saturated rings. The third kappa shape index (κ3) is 20.1. The quantitative estimate of drug-likeness (QED) is 0.0720. The minimum absolute atomic E-state index is 0.0468. The van der Waals surface area contributed by atoms with Crippen molar-refractivity contribution >= 4 is 70.9 Å². The lowest BCUT2D eigenvalue weighted by Gasteiger charge is -2.35. The normalized spacial score (nSPS) is 25.9. The summed E-state index contributed by atoms with van der Waals surface area (Å²) >= 11 is 0. The Morgan fingerprint density at radius 1 is 0.655 bits per heavy atom. The number of nitrogens with two attached hydrogens (primary N) is 2. The molecule has 3 aliphatic heterocycles. The molecule has 5 rings (SSSR count). The van der Waals surface area contributed by atoms with Gasteiger partial charge in [0.05, 0.1) is 19.3 Å². The number of hydrogen-bond acceptors (Lipinski definition) is 17. The Bertz CT molecular complexity index is 2760. The number of carboxylic acid groups (broad SMARTS) is 1. The van der Waals surface area contributed by atoms with Crippen LogP contribution in [0.3, 0.4) is 0 Å². The summed E-state index contributed by atoms with van der Waals surface area (Å²) in [5.41, 5.74) is 12.2. The van der Waals surface area contributed by atoms with E-state index in [9.17, 15) is 83.1 Å². The van der Waals surface area contributed by atoms with Gasteiger partial charge in [0.2, 0.25) is 65.0 Å². The average molecular weight is 1220 g/mol. The minimum Gasteiger partial charge on any atom is -0.508 e. The van der Waals surface area contributed by atoms with Gasteiger partial charge in [-0.05, 0) is 81.0 Å². The summed E-state index contributed by atoms with van der Waals surface area (Å²) < 4.78 is 0. The number of amides is 11. The number of primary amides is 1. The van der Waals surface area contributed by atoms with Crippen molar-refractivity contribution in [2.24, 2.45) is 17.4 Å². The molecule has 0 bridgehead atoms. The number of carboxylic acids is 1. The Kier molecular flexibility index (Phi) is 26.8. The molecule has 0 spiro atoms. The highest BCUT2D eigenvalue weighted by Gasteiger charge is 2.46. The SMILES string of the molecule is CC[C@H](C)[C@@H]1NC(=O)[C@H](CO)NC(=O)C(Cc2ccccc2)NC(=O)[C@H]([C@@H](C)O)NC(=O)[C@@H](NC(=O)[C@@H](N)CO)CCCCC[C@@H](C(=O)N[C@@H](Cc2ccc(O)cc2)C(=O)O)NC(=O)C(CCC(N)=O)NC(=O)[C@@H]2CCCN2C(=O)[C@@H]2CCCN2C1=O. The molecule has 3 heterocycles. The monoisotopic (exact) mass is 1220 g/mol. The summed E-state index contributed by atoms with van der Waals surface area (Å²) in [6, 6.07) is -2.65. The zero-order chi connectivity index (χ0) is 64.1. The van der Waals surface area contributed by atoms with Gasteiger partial charge in [-0.1, -0.05) is 82.0 Å². The average Bonchev–Trinajstić information content (AvgIpc) is 2.22. The van der Waals surface area contributed by atoms with Crippen LogP contribution in [-0.2, 0) is 70.4 Å². The van der Waals surface area contributed by atoms with Crippen LogP contribution in [0.4, 0.5) is 0 Å². The fraction of sp³-hybridized carbons (Fsp3) is 0.586. The lowest BCUT2D eigenvalue weighted by Crippen LogP contribution is -2.62. The van der Waals surface area contributed by atoms with Crippen molar-refractivity contribution in [1.82, 2.24) is 52.3 Å². The number of nitrogens with one attached hydrogen (secondary N) is 8. The number of hydrogen-bond donors (Lipinski definition) is 15. The molecule has 13 atom stereocenters. The predicted octanol–water partition coefficient (Wildman–Crippen LogP) is -3.91. The van der Waals surface area contributed by atoms with Gasteiger partial charge in [0.25, 0.3) is 0 Å². The van der Waals surface area contributed by atoms with E-state index in [0.29, 0.717) is 30.4 Å². The number of fused-ring (bicyclic) bond motifs is 2. The van der Waals surface area contributed by atoms with Crippen LogP contribution < -0.4 is 54.0 Å². The van der Waals surface area contributed by atoms with Crippen LogP contribution in [0, 0.1) is 5.92 Å². The van der Waals surface area contributed by atoms with E-state index in [1.54, 1.807) is 44.2 Å². The smallest absolute Gasteiger partial charge is 0.326 e. The molecule has 0 aromatic heterocycles. The fourth-order valence-corrected chi connectivity index (χ4v) is 10.6. The molecule has 3 saturated heterocycles. The zero-order valence-corrected chi connectivity index (χ0v) is 49.1. The Labute approximate surface area is 503 Å². The van der Waals surface area contributed by atoms with Crippen molar-refractivity contribution in [3.05, 3.63) is 65.7 Å². The van der Waals surface area contributed by atoms with Crippen LogP contribution in [-0.4, -0.2) is 205 Å². The highest BCUT2D eigenvalue weighted by atomic mass is 16.4. The molecule has 2 aromatic carbocycles. The maximum atomic E-state index is 14.7. The first-order chi connectivity index (χ1) is 41.4. The number of carbonyl (C=O) groups excluding carboxylic acids is 11. The van der Waals surface area contributed by atoms with E-state index in [2.05, 4.69) is 42.5 Å². The van der Waals surface area contributed by atoms with E-state index in [-0.39, 0.29) is 76.6 Å². The molecule has 29 heteroatoms. The van der Waals surface area contributed by atoms with Gasteiger partial charge in [0.15, 0.2) is 0 Å². The van der Waals surface area contributed by atoms with Crippen LogP contribution in [0.2, 0.25) is 0 Å². The van der Waals surface area contributed by atoms with Gasteiger partial charge in [-0.2, -0.15) is 0 Å². The Hall–Kier alpha value is -8.28. The molecule has 478 valence electrons. The van der Waals surface area contributed by atoms with Crippen LogP contribution in [0.25, 0.3) is 0 Å². The van der Waals surface area contributed by atoms with E-state index in [0.717, 1.165) is 6.92 Å². The Morgan fingerprint density at radius 2 is 1.24 bits per heavy atom. The molecule has 17 N–H and O–H groups in total. The maximum Gasteiger partial charge on any atom is 0.326 e. The lowest BCUT2D eigenvalue weighted by atomic mass is 9.96. The van der Waals surface area contributed by atoms with Crippen molar-refractivity contribution in [3.8, 4) is 5.75 Å². The van der Waals surface area contributed by atoms with E-state index in [1.165, 1.54) is 34.1 Å². The van der Waals surface area contributed by atoms with E-state index >= 15 is 0 Å². The Morgan fingerprint density at radius 3 is 1.85 bits per heavy atom. The number of aliphatic hydroxyl groups excluding tert-OH is 3. The van der Waals surface area contributed by atoms with Gasteiger partial charge in [-0.25, -0.2) is 4.79 Å². The number of phenolic OH excluding ortho intramolecular Hbond substituents is 1. The molecule has 0 radical (unpaired) electrons. The summed E-state index contributed by atoms with van der Waals surface area (Å²) in [6.45, 7) is 2.88. The summed E-state index contributed by atoms with van der Waals surface area (Å²) in [4.78, 5) is 170. The number of nitrogens with zero attached hydrogens (tertiary/aromatic N) is 2. The second-order valence-corrected chi connectivity index (χ2v) is 22.4. The second kappa shape index (κ2) is 33.6. The molecule has 11 amide bonds. The van der Waals surface area contributed by atoms with Crippen LogP contribution >= 0.6 is 0 Å². The molecule has 0 aliphatic carbocycles. The lowest BCUT2D eigenvalue weighted by molar-refractivity contribution is -0.149. The van der Waals surface area contributed by atoms with Crippen LogP contribution in [0.5, 0.6) is 5.75 Å². The first kappa shape index (κ1) is 69.5. The number of aliphatic carboxylic acids is 1. The standard InChI is InChI=1S/C58H84N12O17/c1-4-31(2)46-57(85)70-26-12-18-44(70)56(84)69-25-11-17-43(69)54(82)63-39(23-24-45(60)75)50(78)62-37(49(77)65-41(58(86)87)28-34-19-21-35(74)22-20-34)15-9-6-10-16-38(61-48(76)36(59)29-71)51(79)68-47(32(3)73)55(83)64-40(27-33-13-7-5-8-14-33)52(80)66-42(30-72)53(81)67-46/h5,7-8,13-14,19-22,31-32,36-44,46-47,71-74H,4,6,9-12,15-18,23-30,59H2,1-3H3,(H2,60,75)(H,61,76)(H,62,78)(H,63,82)(H,64,83)(H,65,77)(H,66,80)(H,67,81)(H,68,79)(H,86,87)/t31-,32+,36-,37-,38-,39?,40?,41-,42-,43-,44-,46-,47-/m0/s1. The van der Waals surface area contributed by atoms with Gasteiger partial charge in [-0.15, -0.1) is 0 Å². The summed E-state index contributed by atoms with van der Waals surface area (Å²) in [5, 5.41) is 71.4. The molecule has 29 nitrogen and oxygen atoms in total. The maximum absolute atomic E-state index is 14.7. The van der Waals surface area contributed by atoms with Crippen molar-refractivity contribution in [2.75, 3.05) is 26.3 Å². The molecule has 2 aromatic rings. The van der Waals surface area contributed by atoms with E-state index < -0.39 is 175 Å². The molecular weight excluding hydrogens is 1140 g/mol. The summed E-state index contributed by atoms with van der Waals surface area (Å²) in [5.74, 6) is -12.2. The van der Waals surface area contributed by atoms with Crippen molar-refractivity contribution in [1.29, 1.82) is 0 Å². The highest BCUT2D eigenvalue weighted by molar-refractivity contribution is 5.99. The topological polar surface area (TPSA) is 461 Å². The van der Waals surface area contributed by atoms with E-state index in [1.807, 2.05) is 0 Å². The summed E-state index contributed by atoms with van der Waals surface area (Å²) in [7, 11) is 0. The molecule has 87 heavy (non-hydrogen) atoms. The third-order valence-electron chi connectivity index (χ3n) is 15.8. The molecule has 0 saturated carbocycles. The predicted molar refractivity (Wildman–Crippen MR) is 309 cm³/mol. The molecule has 2 unspecified atom stereocenters. The number of benzene rings is 2. The number of carbonyl (C=O) groups is 12. The fourth-order valence-electron chi connectivity index (χ4n) is 10.6. The van der Waals surface area contributed by atoms with Crippen molar-refractivity contribution < 1.29 is 83.1 Å². The van der Waals surface area contributed by atoms with Gasteiger partial charge >= 0.3 is 5.97 Å². The molecular formula is C58H84N12O17.